The number of rotatable bonds is 5. The lowest BCUT2D eigenvalue weighted by atomic mass is 10.2. The molecule has 0 spiro atoms. The van der Waals surface area contributed by atoms with E-state index in [9.17, 15) is 9.59 Å². The highest BCUT2D eigenvalue weighted by Gasteiger charge is 2.19. The Labute approximate surface area is 131 Å². The summed E-state index contributed by atoms with van der Waals surface area (Å²) in [7, 11) is 0. The van der Waals surface area contributed by atoms with Crippen molar-refractivity contribution in [3.63, 3.8) is 0 Å². The van der Waals surface area contributed by atoms with Crippen molar-refractivity contribution in [2.45, 2.75) is 25.8 Å². The van der Waals surface area contributed by atoms with E-state index in [0.29, 0.717) is 12.8 Å². The van der Waals surface area contributed by atoms with E-state index in [4.69, 9.17) is 39.9 Å². The highest BCUT2D eigenvalue weighted by Crippen LogP contribution is 2.32. The number of carboxylic acids is 1. The number of aliphatic carboxylic acids is 1. The maximum Gasteiger partial charge on any atom is 0.326 e. The first-order valence-corrected chi connectivity index (χ1v) is 6.93. The number of nitrogens with one attached hydrogen (secondary N) is 2. The van der Waals surface area contributed by atoms with Crippen LogP contribution in [0.25, 0.3) is 0 Å². The second-order valence-corrected chi connectivity index (χ2v) is 5.25. The maximum atomic E-state index is 11.7. The first-order valence-electron chi connectivity index (χ1n) is 5.80. The summed E-state index contributed by atoms with van der Waals surface area (Å²) in [6.45, 7) is 1.82. The van der Waals surface area contributed by atoms with Gasteiger partial charge in [-0.3, -0.25) is 0 Å². The number of carboxylic acid groups (broad SMARTS) is 1. The highest BCUT2D eigenvalue weighted by molar-refractivity contribution is 6.44. The molecule has 0 fully saturated rings. The van der Waals surface area contributed by atoms with E-state index in [-0.39, 0.29) is 20.8 Å². The number of hydrogen-bond acceptors (Lipinski definition) is 2. The van der Waals surface area contributed by atoms with Gasteiger partial charge in [0.1, 0.15) is 6.04 Å². The fourth-order valence-corrected chi connectivity index (χ4v) is 2.08. The van der Waals surface area contributed by atoms with Gasteiger partial charge < -0.3 is 15.7 Å². The van der Waals surface area contributed by atoms with Gasteiger partial charge in [0.25, 0.3) is 0 Å². The quantitative estimate of drug-likeness (QED) is 0.709. The molecule has 3 N–H and O–H groups in total. The summed E-state index contributed by atoms with van der Waals surface area (Å²) in [5.41, 5.74) is 0.249. The fraction of sp³-hybridized carbons (Fsp3) is 0.333. The number of benzene rings is 1. The molecule has 0 heterocycles. The van der Waals surface area contributed by atoms with Crippen molar-refractivity contribution in [2.75, 3.05) is 5.32 Å². The Bertz CT molecular complexity index is 523. The maximum absolute atomic E-state index is 11.7. The molecule has 0 radical (unpaired) electrons. The molecule has 0 aliphatic rings. The first-order chi connectivity index (χ1) is 9.35. The Morgan fingerprint density at radius 3 is 2.35 bits per heavy atom. The normalized spacial score (nSPS) is 11.8. The Hall–Kier alpha value is -1.17. The molecular weight excluding hydrogens is 327 g/mol. The minimum Gasteiger partial charge on any atom is -0.480 e. The van der Waals surface area contributed by atoms with Crippen LogP contribution in [-0.4, -0.2) is 23.1 Å². The zero-order valence-corrected chi connectivity index (χ0v) is 12.8. The Kier molecular flexibility index (Phi) is 6.39. The monoisotopic (exact) mass is 338 g/mol. The standard InChI is InChI=1S/C12H13Cl3N2O3/c1-2-3-9(11(18)19)16-12(20)17-10-5-7(14)6(13)4-8(10)15/h4-5,9H,2-3H2,1H3,(H,18,19)(H2,16,17,20)/t9-/m1/s1. The predicted molar refractivity (Wildman–Crippen MR) is 80.0 cm³/mol. The van der Waals surface area contributed by atoms with Crippen LogP contribution in [-0.2, 0) is 4.79 Å². The molecule has 1 atom stereocenters. The van der Waals surface area contributed by atoms with E-state index in [1.165, 1.54) is 12.1 Å². The van der Waals surface area contributed by atoms with Gasteiger partial charge >= 0.3 is 12.0 Å². The third-order valence-corrected chi connectivity index (χ3v) is 3.47. The summed E-state index contributed by atoms with van der Waals surface area (Å²) in [6.07, 6.45) is 0.961. The van der Waals surface area contributed by atoms with E-state index in [1.807, 2.05) is 6.92 Å². The van der Waals surface area contributed by atoms with E-state index >= 15 is 0 Å². The summed E-state index contributed by atoms with van der Waals surface area (Å²) in [5, 5.41) is 14.4. The van der Waals surface area contributed by atoms with Gasteiger partial charge in [-0.2, -0.15) is 0 Å². The van der Waals surface area contributed by atoms with Crippen LogP contribution in [0.3, 0.4) is 0 Å². The molecule has 1 aromatic rings. The van der Waals surface area contributed by atoms with Gasteiger partial charge in [-0.15, -0.1) is 0 Å². The van der Waals surface area contributed by atoms with Crippen molar-refractivity contribution >= 4 is 52.5 Å². The molecule has 8 heteroatoms. The van der Waals surface area contributed by atoms with Crippen LogP contribution in [0.1, 0.15) is 19.8 Å². The van der Waals surface area contributed by atoms with Gasteiger partial charge in [-0.1, -0.05) is 48.1 Å². The van der Waals surface area contributed by atoms with E-state index in [2.05, 4.69) is 10.6 Å². The number of hydrogen-bond donors (Lipinski definition) is 3. The largest absolute Gasteiger partial charge is 0.480 e. The second kappa shape index (κ2) is 7.57. The number of amides is 2. The van der Waals surface area contributed by atoms with Crippen LogP contribution >= 0.6 is 34.8 Å². The van der Waals surface area contributed by atoms with Crippen molar-refractivity contribution in [3.05, 3.63) is 27.2 Å². The number of carbonyl (C=O) groups is 2. The summed E-state index contributed by atoms with van der Waals surface area (Å²) in [6, 6.07) is 1.15. The molecule has 0 saturated carbocycles. The SMILES string of the molecule is CCC[C@@H](NC(=O)Nc1cc(Cl)c(Cl)cc1Cl)C(=O)O. The molecule has 0 unspecified atom stereocenters. The summed E-state index contributed by atoms with van der Waals surface area (Å²) < 4.78 is 0. The molecule has 1 aromatic carbocycles. The topological polar surface area (TPSA) is 78.4 Å². The molecule has 5 nitrogen and oxygen atoms in total. The van der Waals surface area contributed by atoms with Crippen LogP contribution < -0.4 is 10.6 Å². The van der Waals surface area contributed by atoms with E-state index in [0.717, 1.165) is 0 Å². The van der Waals surface area contributed by atoms with Gasteiger partial charge in [-0.05, 0) is 18.6 Å². The van der Waals surface area contributed by atoms with Gasteiger partial charge in [0.15, 0.2) is 0 Å². The molecule has 0 aliphatic carbocycles. The van der Waals surface area contributed by atoms with Crippen molar-refractivity contribution < 1.29 is 14.7 Å². The minimum absolute atomic E-state index is 0.205. The molecule has 0 bridgehead atoms. The predicted octanol–water partition coefficient (Wildman–Crippen LogP) is 4.02. The van der Waals surface area contributed by atoms with Crippen molar-refractivity contribution in [2.24, 2.45) is 0 Å². The average Bonchev–Trinajstić information content (AvgIpc) is 2.35. The Morgan fingerprint density at radius 2 is 1.80 bits per heavy atom. The summed E-state index contributed by atoms with van der Waals surface area (Å²) >= 11 is 17.5. The minimum atomic E-state index is -1.10. The lowest BCUT2D eigenvalue weighted by molar-refractivity contribution is -0.139. The number of urea groups is 1. The van der Waals surface area contributed by atoms with Crippen LogP contribution in [0.4, 0.5) is 10.5 Å². The van der Waals surface area contributed by atoms with Crippen molar-refractivity contribution in [3.8, 4) is 0 Å². The van der Waals surface area contributed by atoms with Crippen LogP contribution in [0, 0.1) is 0 Å². The molecule has 2 amide bonds. The number of halogens is 3. The first kappa shape index (κ1) is 16.9. The Morgan fingerprint density at radius 1 is 1.20 bits per heavy atom. The smallest absolute Gasteiger partial charge is 0.326 e. The summed E-state index contributed by atoms with van der Waals surface area (Å²) in [5.74, 6) is -1.10. The lowest BCUT2D eigenvalue weighted by Crippen LogP contribution is -2.42. The number of anilines is 1. The zero-order valence-electron chi connectivity index (χ0n) is 10.5. The van der Waals surface area contributed by atoms with Crippen molar-refractivity contribution in [1.29, 1.82) is 0 Å². The zero-order chi connectivity index (χ0) is 15.3. The third kappa shape index (κ3) is 4.74. The second-order valence-electron chi connectivity index (χ2n) is 4.02. The van der Waals surface area contributed by atoms with Gasteiger partial charge in [0.05, 0.1) is 20.8 Å². The summed E-state index contributed by atoms with van der Waals surface area (Å²) in [4.78, 5) is 22.7. The molecule has 20 heavy (non-hydrogen) atoms. The molecule has 1 rings (SSSR count). The van der Waals surface area contributed by atoms with Crippen molar-refractivity contribution in [1.82, 2.24) is 5.32 Å². The average molecular weight is 340 g/mol. The molecule has 110 valence electrons. The van der Waals surface area contributed by atoms with E-state index < -0.39 is 18.0 Å². The van der Waals surface area contributed by atoms with E-state index in [1.54, 1.807) is 0 Å². The van der Waals surface area contributed by atoms with Crippen LogP contribution in [0.2, 0.25) is 15.1 Å². The molecule has 0 aromatic heterocycles. The van der Waals surface area contributed by atoms with Crippen LogP contribution in [0.5, 0.6) is 0 Å². The van der Waals surface area contributed by atoms with Gasteiger partial charge in [0.2, 0.25) is 0 Å². The molecular formula is C12H13Cl3N2O3. The molecule has 0 saturated heterocycles. The third-order valence-electron chi connectivity index (χ3n) is 2.44. The highest BCUT2D eigenvalue weighted by atomic mass is 35.5. The van der Waals surface area contributed by atoms with Crippen LogP contribution in [0.15, 0.2) is 12.1 Å². The van der Waals surface area contributed by atoms with Gasteiger partial charge in [0, 0.05) is 0 Å². The molecule has 0 aliphatic heterocycles. The fourth-order valence-electron chi connectivity index (χ4n) is 1.48. The lowest BCUT2D eigenvalue weighted by Gasteiger charge is -2.15. The van der Waals surface area contributed by atoms with Gasteiger partial charge in [-0.25, -0.2) is 9.59 Å². The Balaban J connectivity index is 2.75. The number of carbonyl (C=O) groups excluding carboxylic acids is 1.